The van der Waals surface area contributed by atoms with Gasteiger partial charge in [-0.2, -0.15) is 0 Å². The number of ether oxygens (including phenoxy) is 1. The molecule has 0 spiro atoms. The maximum atomic E-state index is 10.5. The minimum absolute atomic E-state index is 0.382. The Morgan fingerprint density at radius 2 is 2.30 bits per heavy atom. The van der Waals surface area contributed by atoms with Crippen molar-refractivity contribution in [3.05, 3.63) is 12.2 Å². The third kappa shape index (κ3) is 1.36. The Kier molecular flexibility index (Phi) is 1.52. The van der Waals surface area contributed by atoms with Crippen LogP contribution in [-0.2, 0) is 9.53 Å². The number of hydrogen-bond donors (Lipinski definition) is 1. The zero-order valence-electron chi connectivity index (χ0n) is 6.00. The summed E-state index contributed by atoms with van der Waals surface area (Å²) in [5, 5.41) is 9.31. The minimum Gasteiger partial charge on any atom is -0.452 e. The Labute approximate surface area is 59.3 Å². The third-order valence-corrected chi connectivity index (χ3v) is 1.35. The maximum Gasteiger partial charge on any atom is 0.331 e. The fourth-order valence-electron chi connectivity index (χ4n) is 0.749. The van der Waals surface area contributed by atoms with Crippen molar-refractivity contribution in [3.63, 3.8) is 0 Å². The largest absolute Gasteiger partial charge is 0.452 e. The summed E-state index contributed by atoms with van der Waals surface area (Å²) < 4.78 is 4.73. The van der Waals surface area contributed by atoms with E-state index in [4.69, 9.17) is 4.74 Å². The molecule has 1 aliphatic rings. The molecular formula is C7H10O3. The van der Waals surface area contributed by atoms with E-state index in [9.17, 15) is 9.90 Å². The van der Waals surface area contributed by atoms with Gasteiger partial charge in [0.05, 0.1) is 5.60 Å². The van der Waals surface area contributed by atoms with Crippen LogP contribution in [0.25, 0.3) is 0 Å². The molecule has 1 aliphatic heterocycles. The molecule has 0 aromatic rings. The standard InChI is InChI=1S/C7H10O3/c1-7(2,9)5-3-4-6(8)10-5/h3-5,9H,1-2H3/t5-/m1/s1. The van der Waals surface area contributed by atoms with Crippen LogP contribution in [0.3, 0.4) is 0 Å². The number of carbonyl (C=O) groups excluding carboxylic acids is 1. The number of hydrogen-bond acceptors (Lipinski definition) is 3. The first-order chi connectivity index (χ1) is 4.50. The van der Waals surface area contributed by atoms with E-state index in [-0.39, 0.29) is 5.97 Å². The van der Waals surface area contributed by atoms with Crippen molar-refractivity contribution < 1.29 is 14.6 Å². The zero-order chi connectivity index (χ0) is 7.78. The molecule has 56 valence electrons. The molecule has 0 fully saturated rings. The van der Waals surface area contributed by atoms with Crippen LogP contribution in [0.4, 0.5) is 0 Å². The van der Waals surface area contributed by atoms with Gasteiger partial charge in [-0.25, -0.2) is 4.79 Å². The van der Waals surface area contributed by atoms with Gasteiger partial charge in [0.1, 0.15) is 6.10 Å². The van der Waals surface area contributed by atoms with Gasteiger partial charge in [0.25, 0.3) is 0 Å². The van der Waals surface area contributed by atoms with Crippen molar-refractivity contribution in [3.8, 4) is 0 Å². The average Bonchev–Trinajstić information content (AvgIpc) is 2.11. The highest BCUT2D eigenvalue weighted by atomic mass is 16.6. The Bertz CT molecular complexity index is 176. The summed E-state index contributed by atoms with van der Waals surface area (Å²) in [5.41, 5.74) is -0.970. The van der Waals surface area contributed by atoms with Crippen LogP contribution in [0, 0.1) is 0 Å². The van der Waals surface area contributed by atoms with Crippen molar-refractivity contribution in [1.82, 2.24) is 0 Å². The lowest BCUT2D eigenvalue weighted by molar-refractivity contribution is -0.147. The molecular weight excluding hydrogens is 132 g/mol. The molecule has 0 aromatic heterocycles. The van der Waals surface area contributed by atoms with Gasteiger partial charge in [-0.1, -0.05) is 0 Å². The first-order valence-electron chi connectivity index (χ1n) is 3.11. The molecule has 0 amide bonds. The first-order valence-corrected chi connectivity index (χ1v) is 3.11. The second-order valence-corrected chi connectivity index (χ2v) is 2.87. The Hall–Kier alpha value is -0.830. The number of esters is 1. The molecule has 3 nitrogen and oxygen atoms in total. The summed E-state index contributed by atoms with van der Waals surface area (Å²) >= 11 is 0. The highest BCUT2D eigenvalue weighted by Crippen LogP contribution is 2.17. The molecule has 1 atom stereocenters. The fraction of sp³-hybridized carbons (Fsp3) is 0.571. The third-order valence-electron chi connectivity index (χ3n) is 1.35. The lowest BCUT2D eigenvalue weighted by atomic mass is 10.0. The Morgan fingerprint density at radius 1 is 1.70 bits per heavy atom. The van der Waals surface area contributed by atoms with Crippen molar-refractivity contribution in [2.24, 2.45) is 0 Å². The van der Waals surface area contributed by atoms with E-state index >= 15 is 0 Å². The molecule has 0 radical (unpaired) electrons. The maximum absolute atomic E-state index is 10.5. The van der Waals surface area contributed by atoms with Gasteiger partial charge in [-0.15, -0.1) is 0 Å². The molecule has 0 aromatic carbocycles. The van der Waals surface area contributed by atoms with Crippen LogP contribution in [0.2, 0.25) is 0 Å². The van der Waals surface area contributed by atoms with Crippen LogP contribution >= 0.6 is 0 Å². The lowest BCUT2D eigenvalue weighted by Gasteiger charge is -2.22. The zero-order valence-corrected chi connectivity index (χ0v) is 6.00. The van der Waals surface area contributed by atoms with Crippen LogP contribution in [0.1, 0.15) is 13.8 Å². The van der Waals surface area contributed by atoms with Crippen molar-refractivity contribution in [2.75, 3.05) is 0 Å². The number of aliphatic hydroxyl groups is 1. The highest BCUT2D eigenvalue weighted by molar-refractivity contribution is 5.84. The second-order valence-electron chi connectivity index (χ2n) is 2.87. The fourth-order valence-corrected chi connectivity index (χ4v) is 0.749. The molecule has 0 saturated carbocycles. The van der Waals surface area contributed by atoms with Gasteiger partial charge in [0, 0.05) is 6.08 Å². The quantitative estimate of drug-likeness (QED) is 0.533. The number of cyclic esters (lactones) is 1. The number of rotatable bonds is 1. The normalized spacial score (nSPS) is 25.1. The molecule has 0 saturated heterocycles. The molecule has 1 rings (SSSR count). The van der Waals surface area contributed by atoms with Crippen LogP contribution in [0.5, 0.6) is 0 Å². The predicted octanol–water partition coefficient (Wildman–Crippen LogP) is 0.239. The second kappa shape index (κ2) is 2.09. The average molecular weight is 142 g/mol. The van der Waals surface area contributed by atoms with Crippen molar-refractivity contribution >= 4 is 5.97 Å². The van der Waals surface area contributed by atoms with Gasteiger partial charge in [-0.05, 0) is 19.9 Å². The summed E-state index contributed by atoms with van der Waals surface area (Å²) in [6.07, 6.45) is 2.39. The predicted molar refractivity (Wildman–Crippen MR) is 35.3 cm³/mol. The van der Waals surface area contributed by atoms with Crippen molar-refractivity contribution in [1.29, 1.82) is 0 Å². The number of carbonyl (C=O) groups is 1. The van der Waals surface area contributed by atoms with E-state index in [0.29, 0.717) is 0 Å². The van der Waals surface area contributed by atoms with Crippen LogP contribution in [0.15, 0.2) is 12.2 Å². The molecule has 10 heavy (non-hydrogen) atoms. The monoisotopic (exact) mass is 142 g/mol. The van der Waals surface area contributed by atoms with E-state index in [0.717, 1.165) is 0 Å². The van der Waals surface area contributed by atoms with Crippen molar-refractivity contribution in [2.45, 2.75) is 25.6 Å². The van der Waals surface area contributed by atoms with Crippen LogP contribution in [-0.4, -0.2) is 22.8 Å². The van der Waals surface area contributed by atoms with Crippen LogP contribution < -0.4 is 0 Å². The summed E-state index contributed by atoms with van der Waals surface area (Å²) in [6.45, 7) is 3.20. The Morgan fingerprint density at radius 3 is 2.50 bits per heavy atom. The Balaban J connectivity index is 2.63. The SMILES string of the molecule is CC(C)(O)[C@H]1C=CC(=O)O1. The smallest absolute Gasteiger partial charge is 0.331 e. The molecule has 1 N–H and O–H groups in total. The minimum atomic E-state index is -0.970. The van der Waals surface area contributed by atoms with Gasteiger partial charge in [-0.3, -0.25) is 0 Å². The summed E-state index contributed by atoms with van der Waals surface area (Å²) in [4.78, 5) is 10.5. The van der Waals surface area contributed by atoms with E-state index in [1.165, 1.54) is 6.08 Å². The molecule has 0 bridgehead atoms. The van der Waals surface area contributed by atoms with E-state index in [1.54, 1.807) is 19.9 Å². The van der Waals surface area contributed by atoms with E-state index in [2.05, 4.69) is 0 Å². The summed E-state index contributed by atoms with van der Waals surface area (Å²) in [6, 6.07) is 0. The van der Waals surface area contributed by atoms with E-state index in [1.807, 2.05) is 0 Å². The van der Waals surface area contributed by atoms with E-state index < -0.39 is 11.7 Å². The van der Waals surface area contributed by atoms with Gasteiger partial charge >= 0.3 is 5.97 Å². The lowest BCUT2D eigenvalue weighted by Crippen LogP contribution is -2.35. The highest BCUT2D eigenvalue weighted by Gasteiger charge is 2.30. The molecule has 1 heterocycles. The first kappa shape index (κ1) is 7.28. The molecule has 3 heteroatoms. The van der Waals surface area contributed by atoms with Gasteiger partial charge < -0.3 is 9.84 Å². The molecule has 0 aliphatic carbocycles. The van der Waals surface area contributed by atoms with Gasteiger partial charge in [0.15, 0.2) is 0 Å². The molecule has 0 unspecified atom stereocenters. The topological polar surface area (TPSA) is 46.5 Å². The van der Waals surface area contributed by atoms with Gasteiger partial charge in [0.2, 0.25) is 0 Å². The summed E-state index contributed by atoms with van der Waals surface area (Å²) in [5.74, 6) is -0.382. The summed E-state index contributed by atoms with van der Waals surface area (Å²) in [7, 11) is 0.